The van der Waals surface area contributed by atoms with Gasteiger partial charge in [-0.1, -0.05) is 13.0 Å². The van der Waals surface area contributed by atoms with Crippen molar-refractivity contribution in [2.75, 3.05) is 11.5 Å². The Hall–Kier alpha value is -2.86. The molecule has 12 heteroatoms. The predicted octanol–water partition coefficient (Wildman–Crippen LogP) is 0.588. The molecule has 10 nitrogen and oxygen atoms in total. The van der Waals surface area contributed by atoms with Crippen molar-refractivity contribution in [3.63, 3.8) is 0 Å². The number of rotatable bonds is 7. The van der Waals surface area contributed by atoms with Gasteiger partial charge in [0.2, 0.25) is 0 Å². The van der Waals surface area contributed by atoms with Crippen LogP contribution in [0, 0.1) is 5.92 Å². The number of nitrogens with zero attached hydrogens (tertiary/aromatic N) is 2. The van der Waals surface area contributed by atoms with Crippen molar-refractivity contribution in [3.8, 4) is 0 Å². The number of aromatic nitrogens is 1. The Morgan fingerprint density at radius 2 is 2.17 bits per heavy atom. The largest absolute Gasteiger partial charge is 0.481 e. The van der Waals surface area contributed by atoms with Crippen molar-refractivity contribution in [3.05, 3.63) is 28.9 Å². The predicted molar refractivity (Wildman–Crippen MR) is 107 cm³/mol. The van der Waals surface area contributed by atoms with Gasteiger partial charge in [0.15, 0.2) is 5.13 Å². The van der Waals surface area contributed by atoms with E-state index in [0.717, 1.165) is 16.2 Å². The Morgan fingerprint density at radius 3 is 2.76 bits per heavy atom. The molecule has 3 rings (SSSR count). The summed E-state index contributed by atoms with van der Waals surface area (Å²) in [7, 11) is 0. The lowest BCUT2D eigenvalue weighted by atomic mass is 10.0. The van der Waals surface area contributed by atoms with Gasteiger partial charge >= 0.3 is 11.9 Å². The fourth-order valence-corrected chi connectivity index (χ4v) is 4.64. The van der Waals surface area contributed by atoms with Crippen molar-refractivity contribution in [1.29, 1.82) is 0 Å². The first-order chi connectivity index (χ1) is 13.7. The van der Waals surface area contributed by atoms with Gasteiger partial charge in [0.05, 0.1) is 17.2 Å². The molecule has 154 valence electrons. The van der Waals surface area contributed by atoms with E-state index in [4.69, 9.17) is 10.8 Å². The molecule has 0 bridgehead atoms. The summed E-state index contributed by atoms with van der Waals surface area (Å²) in [5, 5.41) is 22.2. The number of hydrogen-bond donors (Lipinski definition) is 4. The molecular formula is C17H18N4O6S2. The summed E-state index contributed by atoms with van der Waals surface area (Å²) in [6.45, 7) is 1.51. The highest BCUT2D eigenvalue weighted by molar-refractivity contribution is 8.00. The third kappa shape index (κ3) is 4.12. The maximum absolute atomic E-state index is 12.9. The second-order valence-electron chi connectivity index (χ2n) is 6.44. The van der Waals surface area contributed by atoms with Crippen LogP contribution in [0.1, 0.15) is 19.0 Å². The molecule has 0 aliphatic carbocycles. The number of carboxylic acid groups (broad SMARTS) is 2. The van der Waals surface area contributed by atoms with Crippen LogP contribution in [-0.4, -0.2) is 61.0 Å². The molecule has 1 aromatic heterocycles. The van der Waals surface area contributed by atoms with Crippen LogP contribution in [0.2, 0.25) is 0 Å². The molecule has 1 fully saturated rings. The number of carbonyl (C=O) groups is 4. The van der Waals surface area contributed by atoms with Gasteiger partial charge in [-0.2, -0.15) is 0 Å². The molecule has 29 heavy (non-hydrogen) atoms. The normalized spacial score (nSPS) is 22.2. The molecule has 0 radical (unpaired) electrons. The molecule has 3 atom stereocenters. The number of aliphatic carboxylic acids is 2. The lowest BCUT2D eigenvalue weighted by molar-refractivity contribution is -0.150. The molecule has 5 N–H and O–H groups in total. The van der Waals surface area contributed by atoms with E-state index in [2.05, 4.69) is 10.3 Å². The number of carbonyl (C=O) groups excluding carboxylic acids is 2. The minimum absolute atomic E-state index is 0.0876. The third-order valence-electron chi connectivity index (χ3n) is 4.49. The van der Waals surface area contributed by atoms with Crippen LogP contribution in [-0.2, 0) is 19.2 Å². The molecule has 1 saturated heterocycles. The van der Waals surface area contributed by atoms with Gasteiger partial charge in [-0.25, -0.2) is 9.78 Å². The smallest absolute Gasteiger partial charge is 0.352 e. The molecule has 0 saturated carbocycles. The van der Waals surface area contributed by atoms with E-state index in [1.54, 1.807) is 5.38 Å². The topological polar surface area (TPSA) is 163 Å². The maximum atomic E-state index is 12.9. The summed E-state index contributed by atoms with van der Waals surface area (Å²) < 4.78 is 0. The summed E-state index contributed by atoms with van der Waals surface area (Å²) in [6.07, 6.45) is 3.00. The Kier molecular flexibility index (Phi) is 5.94. The third-order valence-corrected chi connectivity index (χ3v) is 6.35. The second-order valence-corrected chi connectivity index (χ2v) is 8.48. The van der Waals surface area contributed by atoms with Crippen LogP contribution in [0.15, 0.2) is 23.2 Å². The van der Waals surface area contributed by atoms with Crippen LogP contribution in [0.5, 0.6) is 0 Å². The van der Waals surface area contributed by atoms with Gasteiger partial charge in [0, 0.05) is 11.1 Å². The number of β-lactam (4-membered cyclic amide) rings is 1. The number of nitrogens with one attached hydrogen (secondary N) is 1. The molecule has 2 aliphatic rings. The fourth-order valence-electron chi connectivity index (χ4n) is 2.88. The number of thioether (sulfide) groups is 1. The first kappa shape index (κ1) is 20.9. The highest BCUT2D eigenvalue weighted by Crippen LogP contribution is 2.37. The molecule has 0 aromatic carbocycles. The van der Waals surface area contributed by atoms with Crippen molar-refractivity contribution >= 4 is 57.6 Å². The van der Waals surface area contributed by atoms with Crippen molar-refractivity contribution in [1.82, 2.24) is 15.2 Å². The number of fused-ring (bicyclic) bond motifs is 1. The zero-order valence-electron chi connectivity index (χ0n) is 15.2. The van der Waals surface area contributed by atoms with Crippen LogP contribution in [0.3, 0.4) is 0 Å². The first-order valence-corrected chi connectivity index (χ1v) is 10.5. The lowest BCUT2D eigenvalue weighted by Crippen LogP contribution is -2.70. The van der Waals surface area contributed by atoms with Crippen molar-refractivity contribution in [2.24, 2.45) is 5.92 Å². The Morgan fingerprint density at radius 1 is 1.45 bits per heavy atom. The fraction of sp³-hybridized carbons (Fsp3) is 0.353. The molecule has 2 aliphatic heterocycles. The van der Waals surface area contributed by atoms with Gasteiger partial charge in [0.25, 0.3) is 11.8 Å². The Bertz CT molecular complexity index is 940. The van der Waals surface area contributed by atoms with Gasteiger partial charge in [0.1, 0.15) is 17.1 Å². The average Bonchev–Trinajstić information content (AvgIpc) is 3.10. The van der Waals surface area contributed by atoms with Gasteiger partial charge in [-0.3, -0.25) is 19.3 Å². The highest BCUT2D eigenvalue weighted by Gasteiger charge is 2.52. The Balaban J connectivity index is 1.78. The molecule has 0 spiro atoms. The summed E-state index contributed by atoms with van der Waals surface area (Å²) >= 11 is 2.47. The maximum Gasteiger partial charge on any atom is 0.352 e. The van der Waals surface area contributed by atoms with Crippen molar-refractivity contribution in [2.45, 2.75) is 24.8 Å². The van der Waals surface area contributed by atoms with Crippen LogP contribution < -0.4 is 11.1 Å². The Labute approximate surface area is 173 Å². The van der Waals surface area contributed by atoms with E-state index in [0.29, 0.717) is 5.75 Å². The highest BCUT2D eigenvalue weighted by atomic mass is 32.2. The number of allylic oxidation sites excluding steroid dienone is 1. The van der Waals surface area contributed by atoms with E-state index in [1.165, 1.54) is 30.8 Å². The molecule has 1 unspecified atom stereocenters. The lowest BCUT2D eigenvalue weighted by Gasteiger charge is -2.48. The number of thiazole rings is 1. The van der Waals surface area contributed by atoms with E-state index < -0.39 is 41.1 Å². The van der Waals surface area contributed by atoms with Gasteiger partial charge in [-0.15, -0.1) is 23.1 Å². The molecule has 3 heterocycles. The van der Waals surface area contributed by atoms with Crippen LogP contribution in [0.25, 0.3) is 5.57 Å². The van der Waals surface area contributed by atoms with Crippen molar-refractivity contribution < 1.29 is 29.4 Å². The van der Waals surface area contributed by atoms with Crippen LogP contribution >= 0.6 is 23.1 Å². The molecule has 2 amide bonds. The van der Waals surface area contributed by atoms with E-state index >= 15 is 0 Å². The summed E-state index contributed by atoms with van der Waals surface area (Å²) in [4.78, 5) is 52.9. The zero-order valence-corrected chi connectivity index (χ0v) is 16.8. The minimum Gasteiger partial charge on any atom is -0.481 e. The molecule has 1 aromatic rings. The minimum atomic E-state index is -1.20. The number of hydrogen-bond acceptors (Lipinski definition) is 8. The second kappa shape index (κ2) is 8.25. The standard InChI is InChI=1S/C17H18N4O6S2/c1-7(15(24)25)2-3-8(9-6-29-17(18)19-9)12(22)20-11-13(23)21-10(16(26)27)4-5-28-14(11)21/h3-4,6-7,11,14H,2,5H2,1H3,(H2,18,19)(H,20,22)(H,24,25)(H,26,27)/b8-3+/t7?,11-,14-/m1/s1. The average molecular weight is 438 g/mol. The molecular weight excluding hydrogens is 420 g/mol. The summed E-state index contributed by atoms with van der Waals surface area (Å²) in [6, 6.07) is -0.883. The van der Waals surface area contributed by atoms with Crippen LogP contribution in [0.4, 0.5) is 5.13 Å². The summed E-state index contributed by atoms with van der Waals surface area (Å²) in [5.41, 5.74) is 5.95. The van der Waals surface area contributed by atoms with Gasteiger partial charge in [-0.05, 0) is 12.5 Å². The number of amides is 2. The number of carboxylic acids is 2. The van der Waals surface area contributed by atoms with E-state index in [-0.39, 0.29) is 28.5 Å². The number of nitrogen functional groups attached to an aromatic ring is 1. The quantitative estimate of drug-likeness (QED) is 0.352. The first-order valence-electron chi connectivity index (χ1n) is 8.54. The van der Waals surface area contributed by atoms with Gasteiger partial charge < -0.3 is 21.3 Å². The van der Waals surface area contributed by atoms with E-state index in [1.807, 2.05) is 0 Å². The zero-order chi connectivity index (χ0) is 21.3. The monoisotopic (exact) mass is 438 g/mol. The number of nitrogens with two attached hydrogens (primary N) is 1. The van der Waals surface area contributed by atoms with E-state index in [9.17, 15) is 24.3 Å². The SMILES string of the molecule is CC(C/C=C(/C(=O)N[C@@H]1C(=O)N2C(C(=O)O)=CCS[C@H]12)c1csc(N)n1)C(=O)O. The summed E-state index contributed by atoms with van der Waals surface area (Å²) in [5.74, 6) is -3.63. The number of anilines is 1.